The number of benzene rings is 1. The lowest BCUT2D eigenvalue weighted by molar-refractivity contribution is 0.0271. The topological polar surface area (TPSA) is 60.4 Å². The molecule has 3 unspecified atom stereocenters. The summed E-state index contributed by atoms with van der Waals surface area (Å²) in [5, 5.41) is 1.11. The van der Waals surface area contributed by atoms with Crippen LogP contribution in [0.25, 0.3) is 11.0 Å². The fourth-order valence-electron chi connectivity index (χ4n) is 2.79. The zero-order valence-electron chi connectivity index (χ0n) is 11.3. The Balaban J connectivity index is 1.92. The molecule has 1 aliphatic heterocycles. The molecule has 0 aliphatic carbocycles. The molecule has 2 aromatic rings. The Hall–Kier alpha value is -1.36. The lowest BCUT2D eigenvalue weighted by Crippen LogP contribution is -2.36. The summed E-state index contributed by atoms with van der Waals surface area (Å²) in [4.78, 5) is 0. The van der Waals surface area contributed by atoms with Crippen molar-refractivity contribution in [1.29, 1.82) is 0 Å². The molecule has 19 heavy (non-hydrogen) atoms. The zero-order valence-corrected chi connectivity index (χ0v) is 11.3. The largest absolute Gasteiger partial charge is 0.459 e. The van der Waals surface area contributed by atoms with Crippen LogP contribution < -0.4 is 11.3 Å². The van der Waals surface area contributed by atoms with Crippen molar-refractivity contribution in [1.82, 2.24) is 5.43 Å². The average Bonchev–Trinajstić information content (AvgIpc) is 2.96. The Kier molecular flexibility index (Phi) is 3.31. The summed E-state index contributed by atoms with van der Waals surface area (Å²) in [6.45, 7) is 4.17. The second-order valence-electron chi connectivity index (χ2n) is 5.40. The Morgan fingerprint density at radius 2 is 2.16 bits per heavy atom. The second kappa shape index (κ2) is 4.96. The number of fused-ring (bicyclic) bond motifs is 1. The zero-order chi connectivity index (χ0) is 13.4. The number of rotatable bonds is 3. The molecular formula is C15H20N2O2. The summed E-state index contributed by atoms with van der Waals surface area (Å²) in [5.41, 5.74) is 4.96. The van der Waals surface area contributed by atoms with Gasteiger partial charge in [0.1, 0.15) is 17.4 Å². The summed E-state index contributed by atoms with van der Waals surface area (Å²) in [5.74, 6) is 6.54. The minimum atomic E-state index is -0.0855. The van der Waals surface area contributed by atoms with Crippen LogP contribution >= 0.6 is 0 Å². The van der Waals surface area contributed by atoms with Crippen molar-refractivity contribution in [2.75, 3.05) is 0 Å². The molecule has 2 heterocycles. The molecule has 1 aromatic carbocycles. The first kappa shape index (κ1) is 12.7. The molecule has 0 radical (unpaired) electrons. The first-order chi connectivity index (χ1) is 9.17. The Morgan fingerprint density at radius 3 is 2.84 bits per heavy atom. The number of aryl methyl sites for hydroxylation is 1. The van der Waals surface area contributed by atoms with Crippen molar-refractivity contribution in [2.24, 2.45) is 5.84 Å². The molecule has 1 fully saturated rings. The number of ether oxygens (including phenoxy) is 1. The first-order valence-corrected chi connectivity index (χ1v) is 6.79. The summed E-state index contributed by atoms with van der Waals surface area (Å²) < 4.78 is 11.8. The predicted molar refractivity (Wildman–Crippen MR) is 74.6 cm³/mol. The van der Waals surface area contributed by atoms with Crippen LogP contribution in [0.4, 0.5) is 0 Å². The molecule has 1 saturated heterocycles. The molecule has 0 spiro atoms. The monoisotopic (exact) mass is 260 g/mol. The van der Waals surface area contributed by atoms with Crippen LogP contribution in [0.2, 0.25) is 0 Å². The van der Waals surface area contributed by atoms with Crippen LogP contribution in [0, 0.1) is 6.92 Å². The van der Waals surface area contributed by atoms with E-state index in [0.29, 0.717) is 6.10 Å². The Bertz CT molecular complexity index is 579. The second-order valence-corrected chi connectivity index (χ2v) is 5.40. The molecule has 1 aromatic heterocycles. The van der Waals surface area contributed by atoms with Gasteiger partial charge in [0.2, 0.25) is 0 Å². The highest BCUT2D eigenvalue weighted by molar-refractivity contribution is 5.78. The van der Waals surface area contributed by atoms with Crippen molar-refractivity contribution in [3.8, 4) is 0 Å². The fraction of sp³-hybridized carbons (Fsp3) is 0.467. The molecule has 3 rings (SSSR count). The number of nitrogens with one attached hydrogen (secondary N) is 1. The van der Waals surface area contributed by atoms with E-state index in [0.717, 1.165) is 29.6 Å². The Morgan fingerprint density at radius 1 is 1.32 bits per heavy atom. The van der Waals surface area contributed by atoms with Gasteiger partial charge >= 0.3 is 0 Å². The highest BCUT2D eigenvalue weighted by Crippen LogP contribution is 2.32. The maximum absolute atomic E-state index is 5.90. The van der Waals surface area contributed by atoms with Gasteiger partial charge in [0.05, 0.1) is 12.2 Å². The third-order valence-electron chi connectivity index (χ3n) is 3.81. The van der Waals surface area contributed by atoms with Gasteiger partial charge in [-0.2, -0.15) is 0 Å². The van der Waals surface area contributed by atoms with E-state index in [-0.39, 0.29) is 12.1 Å². The molecule has 4 nitrogen and oxygen atoms in total. The quantitative estimate of drug-likeness (QED) is 0.658. The van der Waals surface area contributed by atoms with E-state index < -0.39 is 0 Å². The van der Waals surface area contributed by atoms with E-state index in [1.165, 1.54) is 5.56 Å². The van der Waals surface area contributed by atoms with Gasteiger partial charge in [0.15, 0.2) is 0 Å². The average molecular weight is 260 g/mol. The Labute approximate surface area is 112 Å². The normalized spacial score (nSPS) is 25.0. The van der Waals surface area contributed by atoms with Crippen LogP contribution in [0.5, 0.6) is 0 Å². The summed E-state index contributed by atoms with van der Waals surface area (Å²) in [7, 11) is 0. The summed E-state index contributed by atoms with van der Waals surface area (Å²) in [6, 6.07) is 8.14. The van der Waals surface area contributed by atoms with E-state index >= 15 is 0 Å². The van der Waals surface area contributed by atoms with Crippen molar-refractivity contribution in [2.45, 2.75) is 44.9 Å². The van der Waals surface area contributed by atoms with Crippen molar-refractivity contribution in [3.63, 3.8) is 0 Å². The van der Waals surface area contributed by atoms with E-state index in [1.807, 2.05) is 6.07 Å². The maximum Gasteiger partial charge on any atom is 0.134 e. The maximum atomic E-state index is 5.90. The molecule has 3 N–H and O–H groups in total. The molecule has 0 saturated carbocycles. The van der Waals surface area contributed by atoms with E-state index in [4.69, 9.17) is 15.0 Å². The molecule has 102 valence electrons. The van der Waals surface area contributed by atoms with Crippen LogP contribution in [0.15, 0.2) is 28.7 Å². The molecule has 1 aliphatic rings. The highest BCUT2D eigenvalue weighted by atomic mass is 16.5. The van der Waals surface area contributed by atoms with E-state index in [9.17, 15) is 0 Å². The minimum absolute atomic E-state index is 0.0849. The van der Waals surface area contributed by atoms with Gasteiger partial charge < -0.3 is 9.15 Å². The SMILES string of the molecule is Cc1ccc2oc(C(NN)C3CCC(C)O3)cc2c1. The number of hydrogen-bond acceptors (Lipinski definition) is 4. The van der Waals surface area contributed by atoms with Crippen LogP contribution in [0.1, 0.15) is 37.1 Å². The molecule has 3 atom stereocenters. The fourth-order valence-corrected chi connectivity index (χ4v) is 2.79. The number of furan rings is 1. The summed E-state index contributed by atoms with van der Waals surface area (Å²) >= 11 is 0. The first-order valence-electron chi connectivity index (χ1n) is 6.79. The van der Waals surface area contributed by atoms with Gasteiger partial charge in [-0.25, -0.2) is 5.43 Å². The molecule has 4 heteroatoms. The number of nitrogens with two attached hydrogens (primary N) is 1. The van der Waals surface area contributed by atoms with Crippen molar-refractivity contribution in [3.05, 3.63) is 35.6 Å². The van der Waals surface area contributed by atoms with E-state index in [2.05, 4.69) is 37.5 Å². The van der Waals surface area contributed by atoms with Gasteiger partial charge in [-0.1, -0.05) is 11.6 Å². The van der Waals surface area contributed by atoms with Gasteiger partial charge in [-0.15, -0.1) is 0 Å². The molecule has 0 bridgehead atoms. The molecule has 0 amide bonds. The van der Waals surface area contributed by atoms with Gasteiger partial charge in [-0.05, 0) is 44.9 Å². The molecular weight excluding hydrogens is 240 g/mol. The highest BCUT2D eigenvalue weighted by Gasteiger charge is 2.32. The third-order valence-corrected chi connectivity index (χ3v) is 3.81. The van der Waals surface area contributed by atoms with Crippen LogP contribution in [0.3, 0.4) is 0 Å². The summed E-state index contributed by atoms with van der Waals surface area (Å²) in [6.07, 6.45) is 2.46. The van der Waals surface area contributed by atoms with Gasteiger partial charge in [-0.3, -0.25) is 5.84 Å². The van der Waals surface area contributed by atoms with Crippen LogP contribution in [-0.4, -0.2) is 12.2 Å². The van der Waals surface area contributed by atoms with Gasteiger partial charge in [0, 0.05) is 5.39 Å². The minimum Gasteiger partial charge on any atom is -0.459 e. The third kappa shape index (κ3) is 2.39. The van der Waals surface area contributed by atoms with Gasteiger partial charge in [0.25, 0.3) is 0 Å². The standard InChI is InChI=1S/C15H20N2O2/c1-9-3-5-12-11(7-9)8-14(19-12)15(17-16)13-6-4-10(2)18-13/h3,5,7-8,10,13,15,17H,4,6,16H2,1-2H3. The van der Waals surface area contributed by atoms with Crippen molar-refractivity contribution < 1.29 is 9.15 Å². The number of hydrogen-bond donors (Lipinski definition) is 2. The lowest BCUT2D eigenvalue weighted by Gasteiger charge is -2.20. The van der Waals surface area contributed by atoms with E-state index in [1.54, 1.807) is 0 Å². The van der Waals surface area contributed by atoms with Crippen molar-refractivity contribution >= 4 is 11.0 Å². The lowest BCUT2D eigenvalue weighted by atomic mass is 10.1. The number of hydrazine groups is 1. The predicted octanol–water partition coefficient (Wildman–Crippen LogP) is 2.81. The smallest absolute Gasteiger partial charge is 0.134 e. The van der Waals surface area contributed by atoms with Crippen LogP contribution in [-0.2, 0) is 4.74 Å².